The number of nitrogens with two attached hydrogens (primary N) is 1. The lowest BCUT2D eigenvalue weighted by Gasteiger charge is -2.43. The summed E-state index contributed by atoms with van der Waals surface area (Å²) in [4.78, 5) is 0. The Morgan fingerprint density at radius 2 is 1.80 bits per heavy atom. The standard InChI is InChI=1S/C13H27NO/c1-5-15-13(10-14)8-6-11(7-9-13)12(2,3)4/h11H,5-10,14H2,1-4H3. The van der Waals surface area contributed by atoms with E-state index in [9.17, 15) is 0 Å². The monoisotopic (exact) mass is 213 g/mol. The Balaban J connectivity index is 2.53. The zero-order chi connectivity index (χ0) is 11.5. The number of hydrogen-bond donors (Lipinski definition) is 1. The van der Waals surface area contributed by atoms with Gasteiger partial charge in [0, 0.05) is 13.2 Å². The molecule has 2 nitrogen and oxygen atoms in total. The summed E-state index contributed by atoms with van der Waals surface area (Å²) in [5.41, 5.74) is 6.29. The van der Waals surface area contributed by atoms with Crippen molar-refractivity contribution in [3.8, 4) is 0 Å². The van der Waals surface area contributed by atoms with Gasteiger partial charge in [0.1, 0.15) is 0 Å². The fraction of sp³-hybridized carbons (Fsp3) is 1.00. The normalized spacial score (nSPS) is 33.0. The molecule has 0 radical (unpaired) electrons. The highest BCUT2D eigenvalue weighted by atomic mass is 16.5. The predicted molar refractivity (Wildman–Crippen MR) is 64.8 cm³/mol. The first-order chi connectivity index (χ1) is 6.93. The first kappa shape index (κ1) is 13.0. The van der Waals surface area contributed by atoms with Gasteiger partial charge in [0.15, 0.2) is 0 Å². The zero-order valence-electron chi connectivity index (χ0n) is 10.8. The maximum Gasteiger partial charge on any atom is 0.0804 e. The van der Waals surface area contributed by atoms with E-state index < -0.39 is 0 Å². The molecule has 0 aliphatic heterocycles. The molecule has 0 bridgehead atoms. The van der Waals surface area contributed by atoms with E-state index in [0.717, 1.165) is 25.4 Å². The molecule has 0 unspecified atom stereocenters. The molecule has 1 aliphatic carbocycles. The van der Waals surface area contributed by atoms with Crippen LogP contribution in [0.2, 0.25) is 0 Å². The van der Waals surface area contributed by atoms with Crippen molar-refractivity contribution in [3.63, 3.8) is 0 Å². The molecular weight excluding hydrogens is 186 g/mol. The van der Waals surface area contributed by atoms with Gasteiger partial charge in [-0.25, -0.2) is 0 Å². The highest BCUT2D eigenvalue weighted by Gasteiger charge is 2.38. The minimum atomic E-state index is -0.00347. The highest BCUT2D eigenvalue weighted by Crippen LogP contribution is 2.42. The molecule has 90 valence electrons. The van der Waals surface area contributed by atoms with Crippen LogP contribution < -0.4 is 5.73 Å². The second-order valence-corrected chi connectivity index (χ2v) is 5.96. The molecule has 0 spiro atoms. The summed E-state index contributed by atoms with van der Waals surface area (Å²) in [6.07, 6.45) is 4.81. The van der Waals surface area contributed by atoms with Gasteiger partial charge in [0.05, 0.1) is 5.60 Å². The summed E-state index contributed by atoms with van der Waals surface area (Å²) in [5.74, 6) is 0.831. The Morgan fingerprint density at radius 3 is 2.13 bits per heavy atom. The third kappa shape index (κ3) is 3.18. The van der Waals surface area contributed by atoms with Gasteiger partial charge in [-0.2, -0.15) is 0 Å². The first-order valence-electron chi connectivity index (χ1n) is 6.27. The smallest absolute Gasteiger partial charge is 0.0804 e. The minimum absolute atomic E-state index is 0.00347. The van der Waals surface area contributed by atoms with Crippen LogP contribution in [0.5, 0.6) is 0 Å². The van der Waals surface area contributed by atoms with Crippen LogP contribution in [-0.4, -0.2) is 18.8 Å². The van der Waals surface area contributed by atoms with Gasteiger partial charge in [-0.1, -0.05) is 20.8 Å². The van der Waals surface area contributed by atoms with Crippen LogP contribution >= 0.6 is 0 Å². The molecule has 2 heteroatoms. The molecule has 0 atom stereocenters. The molecule has 1 fully saturated rings. The van der Waals surface area contributed by atoms with E-state index in [1.807, 2.05) is 0 Å². The highest BCUT2D eigenvalue weighted by molar-refractivity contribution is 4.91. The molecule has 15 heavy (non-hydrogen) atoms. The summed E-state index contributed by atoms with van der Waals surface area (Å²) in [5, 5.41) is 0. The molecule has 0 aromatic carbocycles. The van der Waals surface area contributed by atoms with Gasteiger partial charge in [-0.3, -0.25) is 0 Å². The second-order valence-electron chi connectivity index (χ2n) is 5.96. The zero-order valence-corrected chi connectivity index (χ0v) is 10.8. The van der Waals surface area contributed by atoms with E-state index in [4.69, 9.17) is 10.5 Å². The van der Waals surface area contributed by atoms with Gasteiger partial charge >= 0.3 is 0 Å². The summed E-state index contributed by atoms with van der Waals surface area (Å²) in [6, 6.07) is 0. The van der Waals surface area contributed by atoms with Crippen LogP contribution in [0, 0.1) is 11.3 Å². The van der Waals surface area contributed by atoms with Crippen molar-refractivity contribution in [1.29, 1.82) is 0 Å². The van der Waals surface area contributed by atoms with Crippen molar-refractivity contribution in [2.45, 2.75) is 59.0 Å². The van der Waals surface area contributed by atoms with Gasteiger partial charge < -0.3 is 10.5 Å². The van der Waals surface area contributed by atoms with Gasteiger partial charge in [-0.15, -0.1) is 0 Å². The predicted octanol–water partition coefficient (Wildman–Crippen LogP) is 2.96. The Hall–Kier alpha value is -0.0800. The molecule has 0 aromatic heterocycles. The van der Waals surface area contributed by atoms with Crippen molar-refractivity contribution >= 4 is 0 Å². The van der Waals surface area contributed by atoms with Crippen LogP contribution in [0.15, 0.2) is 0 Å². The SMILES string of the molecule is CCOC1(CN)CCC(C(C)(C)C)CC1. The van der Waals surface area contributed by atoms with Crippen LogP contribution in [-0.2, 0) is 4.74 Å². The van der Waals surface area contributed by atoms with Crippen LogP contribution in [0.3, 0.4) is 0 Å². The lowest BCUT2D eigenvalue weighted by Crippen LogP contribution is -2.45. The first-order valence-corrected chi connectivity index (χ1v) is 6.27. The van der Waals surface area contributed by atoms with Crippen molar-refractivity contribution in [3.05, 3.63) is 0 Å². The van der Waals surface area contributed by atoms with Gasteiger partial charge in [0.25, 0.3) is 0 Å². The molecular formula is C13H27NO. The average Bonchev–Trinajstić information content (AvgIpc) is 2.17. The molecule has 1 aliphatic rings. The minimum Gasteiger partial charge on any atom is -0.374 e. The molecule has 0 saturated heterocycles. The summed E-state index contributed by atoms with van der Waals surface area (Å²) < 4.78 is 5.86. The van der Waals surface area contributed by atoms with Crippen LogP contribution in [0.25, 0.3) is 0 Å². The maximum atomic E-state index is 5.86. The van der Waals surface area contributed by atoms with E-state index in [1.165, 1.54) is 12.8 Å². The molecule has 0 amide bonds. The van der Waals surface area contributed by atoms with Gasteiger partial charge in [0.2, 0.25) is 0 Å². The lowest BCUT2D eigenvalue weighted by molar-refractivity contribution is -0.0746. The summed E-state index contributed by atoms with van der Waals surface area (Å²) in [6.45, 7) is 10.6. The largest absolute Gasteiger partial charge is 0.374 e. The Labute approximate surface area is 94.6 Å². The molecule has 2 N–H and O–H groups in total. The van der Waals surface area contributed by atoms with Crippen molar-refractivity contribution < 1.29 is 4.74 Å². The molecule has 0 heterocycles. The van der Waals surface area contributed by atoms with E-state index in [-0.39, 0.29) is 5.60 Å². The maximum absolute atomic E-state index is 5.86. The molecule has 1 saturated carbocycles. The van der Waals surface area contributed by atoms with Crippen molar-refractivity contribution in [2.75, 3.05) is 13.2 Å². The fourth-order valence-electron chi connectivity index (χ4n) is 2.72. The Morgan fingerprint density at radius 1 is 1.27 bits per heavy atom. The second kappa shape index (κ2) is 4.84. The number of rotatable bonds is 3. The van der Waals surface area contributed by atoms with Crippen molar-refractivity contribution in [2.24, 2.45) is 17.1 Å². The number of hydrogen-bond acceptors (Lipinski definition) is 2. The molecule has 0 aromatic rings. The van der Waals surface area contributed by atoms with Gasteiger partial charge in [-0.05, 0) is 43.9 Å². The topological polar surface area (TPSA) is 35.2 Å². The van der Waals surface area contributed by atoms with E-state index in [0.29, 0.717) is 12.0 Å². The quantitative estimate of drug-likeness (QED) is 0.782. The van der Waals surface area contributed by atoms with E-state index in [2.05, 4.69) is 27.7 Å². The van der Waals surface area contributed by atoms with E-state index >= 15 is 0 Å². The van der Waals surface area contributed by atoms with Crippen molar-refractivity contribution in [1.82, 2.24) is 0 Å². The van der Waals surface area contributed by atoms with Crippen LogP contribution in [0.4, 0.5) is 0 Å². The summed E-state index contributed by atoms with van der Waals surface area (Å²) in [7, 11) is 0. The lowest BCUT2D eigenvalue weighted by atomic mass is 9.68. The van der Waals surface area contributed by atoms with E-state index in [1.54, 1.807) is 0 Å². The summed E-state index contributed by atoms with van der Waals surface area (Å²) >= 11 is 0. The fourth-order valence-corrected chi connectivity index (χ4v) is 2.72. The Kier molecular flexibility index (Phi) is 4.19. The van der Waals surface area contributed by atoms with Crippen LogP contribution in [0.1, 0.15) is 53.4 Å². The number of ether oxygens (including phenoxy) is 1. The Bertz CT molecular complexity index is 187. The third-order valence-electron chi connectivity index (χ3n) is 3.94. The average molecular weight is 213 g/mol. The molecule has 1 rings (SSSR count). The third-order valence-corrected chi connectivity index (χ3v) is 3.94.